The van der Waals surface area contributed by atoms with Crippen LogP contribution in [-0.2, 0) is 0 Å². The van der Waals surface area contributed by atoms with Crippen LogP contribution in [0.3, 0.4) is 0 Å². The number of rotatable bonds is 3. The number of nitrogens with two attached hydrogens (primary N) is 1. The summed E-state index contributed by atoms with van der Waals surface area (Å²) in [5, 5.41) is 5.53. The minimum atomic E-state index is -0.384. The highest BCUT2D eigenvalue weighted by atomic mass is 35.5. The molecule has 1 aromatic heterocycles. The summed E-state index contributed by atoms with van der Waals surface area (Å²) in [6, 6.07) is 5.64. The van der Waals surface area contributed by atoms with Gasteiger partial charge in [0, 0.05) is 11.1 Å². The minimum absolute atomic E-state index is 0.192. The van der Waals surface area contributed by atoms with Crippen molar-refractivity contribution in [2.75, 3.05) is 0 Å². The highest BCUT2D eigenvalue weighted by molar-refractivity contribution is 6.32. The molecule has 0 saturated heterocycles. The number of hydrogen-bond donors (Lipinski definition) is 1. The molecule has 1 unspecified atom stereocenters. The van der Waals surface area contributed by atoms with E-state index in [1.165, 1.54) is 0 Å². The third-order valence-corrected chi connectivity index (χ3v) is 3.93. The van der Waals surface area contributed by atoms with Crippen LogP contribution in [0.5, 0.6) is 0 Å². The average Bonchev–Trinajstić information content (AvgIpc) is 2.74. The summed E-state index contributed by atoms with van der Waals surface area (Å²) >= 11 is 12.6. The van der Waals surface area contributed by atoms with Crippen LogP contribution in [0.2, 0.25) is 10.0 Å². The lowest BCUT2D eigenvalue weighted by atomic mass is 10.0. The molecule has 5 heteroatoms. The zero-order chi connectivity index (χ0) is 14.2. The molecule has 1 atom stereocenters. The SMILES string of the molecule is Cc1cccc(C(N)c2c(Cl)cnn2C(C)C)c1Cl. The van der Waals surface area contributed by atoms with Gasteiger partial charge in [0.25, 0.3) is 0 Å². The highest BCUT2D eigenvalue weighted by Crippen LogP contribution is 2.33. The lowest BCUT2D eigenvalue weighted by molar-refractivity contribution is 0.499. The van der Waals surface area contributed by atoms with Gasteiger partial charge in [-0.3, -0.25) is 4.68 Å². The van der Waals surface area contributed by atoms with Gasteiger partial charge in [0.1, 0.15) is 0 Å². The van der Waals surface area contributed by atoms with E-state index in [4.69, 9.17) is 28.9 Å². The fourth-order valence-corrected chi connectivity index (χ4v) is 2.60. The molecular formula is C14H17Cl2N3. The van der Waals surface area contributed by atoms with E-state index in [9.17, 15) is 0 Å². The molecule has 0 amide bonds. The number of nitrogens with zero attached hydrogens (tertiary/aromatic N) is 2. The molecule has 19 heavy (non-hydrogen) atoms. The van der Waals surface area contributed by atoms with Gasteiger partial charge in [-0.25, -0.2) is 0 Å². The molecular weight excluding hydrogens is 281 g/mol. The molecule has 0 spiro atoms. The first kappa shape index (κ1) is 14.4. The first-order valence-corrected chi connectivity index (χ1v) is 6.92. The molecule has 3 nitrogen and oxygen atoms in total. The third-order valence-electron chi connectivity index (χ3n) is 3.13. The van der Waals surface area contributed by atoms with Crippen LogP contribution in [-0.4, -0.2) is 9.78 Å². The first-order valence-electron chi connectivity index (χ1n) is 6.17. The minimum Gasteiger partial charge on any atom is -0.319 e. The predicted octanol–water partition coefficient (Wildman–Crippen LogP) is 4.13. The molecule has 0 bridgehead atoms. The standard InChI is InChI=1S/C14H17Cl2N3/c1-8(2)19-14(11(15)7-18-19)13(17)10-6-4-5-9(3)12(10)16/h4-8,13H,17H2,1-3H3. The fourth-order valence-electron chi connectivity index (χ4n) is 2.11. The molecule has 2 aromatic rings. The molecule has 0 aliphatic rings. The van der Waals surface area contributed by atoms with Crippen LogP contribution < -0.4 is 5.73 Å². The summed E-state index contributed by atoms with van der Waals surface area (Å²) in [6.45, 7) is 6.04. The molecule has 0 aliphatic carbocycles. The van der Waals surface area contributed by atoms with Crippen molar-refractivity contribution in [3.8, 4) is 0 Å². The van der Waals surface area contributed by atoms with Gasteiger partial charge in [0.05, 0.1) is 23.0 Å². The summed E-state index contributed by atoms with van der Waals surface area (Å²) in [4.78, 5) is 0. The Morgan fingerprint density at radius 1 is 1.26 bits per heavy atom. The predicted molar refractivity (Wildman–Crippen MR) is 79.8 cm³/mol. The second-order valence-electron chi connectivity index (χ2n) is 4.87. The molecule has 0 radical (unpaired) electrons. The molecule has 2 rings (SSSR count). The van der Waals surface area contributed by atoms with Gasteiger partial charge >= 0.3 is 0 Å². The van der Waals surface area contributed by atoms with Crippen LogP contribution >= 0.6 is 23.2 Å². The second kappa shape index (κ2) is 5.53. The van der Waals surface area contributed by atoms with Crippen molar-refractivity contribution in [2.24, 2.45) is 5.73 Å². The Morgan fingerprint density at radius 2 is 1.95 bits per heavy atom. The molecule has 102 valence electrons. The molecule has 2 N–H and O–H groups in total. The zero-order valence-electron chi connectivity index (χ0n) is 11.2. The Kier molecular flexibility index (Phi) is 4.19. The van der Waals surface area contributed by atoms with Crippen molar-refractivity contribution in [2.45, 2.75) is 32.9 Å². The van der Waals surface area contributed by atoms with E-state index in [2.05, 4.69) is 5.10 Å². The first-order chi connectivity index (χ1) is 8.93. The van der Waals surface area contributed by atoms with Gasteiger partial charge in [-0.05, 0) is 31.9 Å². The summed E-state index contributed by atoms with van der Waals surface area (Å²) in [6.07, 6.45) is 1.63. The Bertz CT molecular complexity index is 590. The van der Waals surface area contributed by atoms with E-state index in [-0.39, 0.29) is 12.1 Å². The quantitative estimate of drug-likeness (QED) is 0.926. The smallest absolute Gasteiger partial charge is 0.0837 e. The largest absolute Gasteiger partial charge is 0.319 e. The number of benzene rings is 1. The van der Waals surface area contributed by atoms with E-state index < -0.39 is 0 Å². The van der Waals surface area contributed by atoms with Crippen LogP contribution in [0, 0.1) is 6.92 Å². The Hall–Kier alpha value is -1.03. The van der Waals surface area contributed by atoms with E-state index in [0.29, 0.717) is 10.0 Å². The molecule has 1 aromatic carbocycles. The van der Waals surface area contributed by atoms with Gasteiger partial charge in [-0.15, -0.1) is 0 Å². The maximum atomic E-state index is 6.34. The summed E-state index contributed by atoms with van der Waals surface area (Å²) < 4.78 is 1.84. The zero-order valence-corrected chi connectivity index (χ0v) is 12.7. The number of hydrogen-bond acceptors (Lipinski definition) is 2. The molecule has 1 heterocycles. The monoisotopic (exact) mass is 297 g/mol. The number of halogens is 2. The lowest BCUT2D eigenvalue weighted by Crippen LogP contribution is -2.19. The van der Waals surface area contributed by atoms with Gasteiger partial charge in [0.2, 0.25) is 0 Å². The Labute approximate surface area is 123 Å². The van der Waals surface area contributed by atoms with Crippen LogP contribution in [0.4, 0.5) is 0 Å². The summed E-state index contributed by atoms with van der Waals surface area (Å²) in [5.41, 5.74) is 9.00. The maximum absolute atomic E-state index is 6.34. The van der Waals surface area contributed by atoms with Crippen LogP contribution in [0.15, 0.2) is 24.4 Å². The molecule has 0 aliphatic heterocycles. The van der Waals surface area contributed by atoms with Crippen molar-refractivity contribution < 1.29 is 0 Å². The van der Waals surface area contributed by atoms with Gasteiger partial charge in [0.15, 0.2) is 0 Å². The highest BCUT2D eigenvalue weighted by Gasteiger charge is 2.22. The third kappa shape index (κ3) is 2.64. The topological polar surface area (TPSA) is 43.8 Å². The van der Waals surface area contributed by atoms with E-state index in [1.54, 1.807) is 6.20 Å². The van der Waals surface area contributed by atoms with Crippen molar-refractivity contribution in [3.05, 3.63) is 51.3 Å². The van der Waals surface area contributed by atoms with E-state index in [0.717, 1.165) is 16.8 Å². The second-order valence-corrected chi connectivity index (χ2v) is 5.66. The molecule has 0 fully saturated rings. The van der Waals surface area contributed by atoms with Crippen molar-refractivity contribution in [1.82, 2.24) is 9.78 Å². The van der Waals surface area contributed by atoms with Gasteiger partial charge in [-0.1, -0.05) is 41.4 Å². The summed E-state index contributed by atoms with van der Waals surface area (Å²) in [5.74, 6) is 0. The van der Waals surface area contributed by atoms with E-state index in [1.807, 2.05) is 43.7 Å². The van der Waals surface area contributed by atoms with E-state index >= 15 is 0 Å². The average molecular weight is 298 g/mol. The maximum Gasteiger partial charge on any atom is 0.0837 e. The fraction of sp³-hybridized carbons (Fsp3) is 0.357. The van der Waals surface area contributed by atoms with Gasteiger partial charge in [-0.2, -0.15) is 5.10 Å². The Balaban J connectivity index is 2.53. The van der Waals surface area contributed by atoms with Crippen molar-refractivity contribution in [3.63, 3.8) is 0 Å². The molecule has 0 saturated carbocycles. The van der Waals surface area contributed by atoms with Crippen molar-refractivity contribution in [1.29, 1.82) is 0 Å². The summed E-state index contributed by atoms with van der Waals surface area (Å²) in [7, 11) is 0. The lowest BCUT2D eigenvalue weighted by Gasteiger charge is -2.19. The normalized spacial score (nSPS) is 13.0. The van der Waals surface area contributed by atoms with Crippen molar-refractivity contribution >= 4 is 23.2 Å². The van der Waals surface area contributed by atoms with Crippen LogP contribution in [0.1, 0.15) is 42.8 Å². The number of aryl methyl sites for hydroxylation is 1. The Morgan fingerprint density at radius 3 is 2.58 bits per heavy atom. The number of aromatic nitrogens is 2. The van der Waals surface area contributed by atoms with Crippen LogP contribution in [0.25, 0.3) is 0 Å². The van der Waals surface area contributed by atoms with Gasteiger partial charge < -0.3 is 5.73 Å².